The third-order valence-electron chi connectivity index (χ3n) is 1.03. The van der Waals surface area contributed by atoms with E-state index < -0.39 is 0 Å². The summed E-state index contributed by atoms with van der Waals surface area (Å²) in [6.07, 6.45) is 0.823. The number of aldehydes is 1. The van der Waals surface area contributed by atoms with Gasteiger partial charge in [-0.05, 0) is 6.07 Å². The summed E-state index contributed by atoms with van der Waals surface area (Å²) >= 11 is 3.23. The van der Waals surface area contributed by atoms with Crippen LogP contribution in [0, 0.1) is 20.0 Å². The molecule has 0 aromatic heterocycles. The molecule has 82 valence electrons. The molecule has 0 unspecified atom stereocenters. The van der Waals surface area contributed by atoms with Crippen LogP contribution in [0.4, 0.5) is 0 Å². The summed E-state index contributed by atoms with van der Waals surface area (Å²) in [6.45, 7) is 13.5. The van der Waals surface area contributed by atoms with Gasteiger partial charge in [-0.3, -0.25) is 4.79 Å². The first-order valence-corrected chi connectivity index (χ1v) is 3.95. The maximum Gasteiger partial charge on any atom is 0 e. The first kappa shape index (κ1) is 24.4. The molecule has 0 spiro atoms. The van der Waals surface area contributed by atoms with E-state index >= 15 is 0 Å². The molecule has 1 rings (SSSR count). The van der Waals surface area contributed by atoms with Crippen LogP contribution in [0.2, 0.25) is 0 Å². The fraction of sp³-hybridized carbons (Fsp3) is 0. The van der Waals surface area contributed by atoms with Crippen molar-refractivity contribution in [3.63, 3.8) is 0 Å². The van der Waals surface area contributed by atoms with Crippen LogP contribution in [0.15, 0.2) is 28.7 Å². The van der Waals surface area contributed by atoms with Gasteiger partial charge >= 0.3 is 33.9 Å². The molecule has 0 aliphatic rings. The average Bonchev–Trinajstić information content (AvgIpc) is 2.37. The zero-order chi connectivity index (χ0) is 12.7. The van der Waals surface area contributed by atoms with Crippen molar-refractivity contribution in [3.05, 3.63) is 54.3 Å². The van der Waals surface area contributed by atoms with Crippen LogP contribution in [0.3, 0.4) is 0 Å². The summed E-state index contributed by atoms with van der Waals surface area (Å²) < 4.78 is 23.3. The van der Waals surface area contributed by atoms with Crippen LogP contribution in [0.25, 0.3) is 0 Å². The summed E-state index contributed by atoms with van der Waals surface area (Å²) in [5.74, 6) is 0. The minimum absolute atomic E-state index is 0. The van der Waals surface area contributed by atoms with Crippen molar-refractivity contribution in [3.8, 4) is 0 Å². The minimum Gasteiger partial charge on any atom is 0 e. The van der Waals surface area contributed by atoms with Crippen LogP contribution >= 0.6 is 15.9 Å². The number of halogens is 1. The van der Waals surface area contributed by atoms with E-state index in [-0.39, 0.29) is 17.4 Å². The molecule has 0 amide bonds. The van der Waals surface area contributed by atoms with E-state index in [1.165, 1.54) is 0 Å². The Kier molecular flexibility index (Phi) is 36.2. The first-order chi connectivity index (χ1) is 7.34. The summed E-state index contributed by atoms with van der Waals surface area (Å²) in [5.41, 5.74) is 0.692. The van der Waals surface area contributed by atoms with Crippen molar-refractivity contribution < 1.29 is 36.1 Å². The van der Waals surface area contributed by atoms with Gasteiger partial charge in [0, 0.05) is 27.4 Å². The van der Waals surface area contributed by atoms with Gasteiger partial charge in [0.2, 0.25) is 0 Å². The molecule has 1 aromatic carbocycles. The van der Waals surface area contributed by atoms with Gasteiger partial charge in [0.15, 0.2) is 6.29 Å². The van der Waals surface area contributed by atoms with Crippen molar-refractivity contribution in [1.29, 1.82) is 0 Å². The van der Waals surface area contributed by atoms with E-state index in [2.05, 4.69) is 35.9 Å². The van der Waals surface area contributed by atoms with Crippen molar-refractivity contribution in [2.24, 2.45) is 0 Å². The Morgan fingerprint density at radius 3 is 1.62 bits per heavy atom. The molecule has 0 atom stereocenters. The number of carbonyl (C=O) groups is 1. The Morgan fingerprint density at radius 2 is 1.38 bits per heavy atom. The number of benzene rings is 1. The normalized spacial score (nSPS) is 5.44. The number of hydrogen-bond acceptors (Lipinski definition) is 1. The quantitative estimate of drug-likeness (QED) is 0.443. The molecule has 0 saturated heterocycles. The minimum atomic E-state index is 0. The van der Waals surface area contributed by atoms with E-state index in [4.69, 9.17) is 14.0 Å². The second kappa shape index (κ2) is 23.7. The molecule has 0 bridgehead atoms. The molecule has 16 heavy (non-hydrogen) atoms. The van der Waals surface area contributed by atoms with Gasteiger partial charge < -0.3 is 0 Å². The largest absolute Gasteiger partial charge is 0 e. The summed E-state index contributed by atoms with van der Waals surface area (Å²) in [7, 11) is 0. The Hall–Kier alpha value is -0.878. The number of carbonyl (C=O) groups excluding carboxylic acids is 1. The summed E-state index contributed by atoms with van der Waals surface area (Å²) in [6, 6.07) is 7.30. The molecule has 0 radical (unpaired) electrons. The molecular formula is C10H5BrCrO4. The summed E-state index contributed by atoms with van der Waals surface area (Å²) in [5, 5.41) is 0. The predicted octanol–water partition coefficient (Wildman–Crippen LogP) is 2.15. The van der Waals surface area contributed by atoms with Gasteiger partial charge in [-0.15, -0.1) is 0 Å². The van der Waals surface area contributed by atoms with Crippen molar-refractivity contribution in [2.75, 3.05) is 0 Å². The van der Waals surface area contributed by atoms with Gasteiger partial charge in [0.05, 0.1) is 0 Å². The van der Waals surface area contributed by atoms with Gasteiger partial charge in [0.25, 0.3) is 0 Å². The molecule has 4 nitrogen and oxygen atoms in total. The van der Waals surface area contributed by atoms with E-state index in [1.807, 2.05) is 18.2 Å². The smallest absolute Gasteiger partial charge is 0 e. The molecule has 1 aromatic rings. The average molecular weight is 321 g/mol. The molecule has 0 heterocycles. The van der Waals surface area contributed by atoms with Gasteiger partial charge in [-0.2, -0.15) is 0 Å². The van der Waals surface area contributed by atoms with Gasteiger partial charge in [-0.1, -0.05) is 34.1 Å². The SMILES string of the molecule is O=Cc1ccccc1Br.[C-]#[O+].[C-]#[O+].[C-]#[O+].[Cr]. The van der Waals surface area contributed by atoms with Crippen molar-refractivity contribution >= 4 is 22.2 Å². The third kappa shape index (κ3) is 13.1. The Labute approximate surface area is 112 Å². The molecule has 0 fully saturated rings. The fourth-order valence-corrected chi connectivity index (χ4v) is 0.949. The first-order valence-electron chi connectivity index (χ1n) is 3.15. The Morgan fingerprint density at radius 1 is 1.00 bits per heavy atom. The molecule has 0 aliphatic carbocycles. The Bertz CT molecular complexity index is 319. The molecule has 0 aliphatic heterocycles. The maximum absolute atomic E-state index is 10.2. The zero-order valence-corrected chi connectivity index (χ0v) is 10.7. The Balaban J connectivity index is -0.0000000900. The predicted molar refractivity (Wildman–Crippen MR) is 51.3 cm³/mol. The van der Waals surface area contributed by atoms with Crippen molar-refractivity contribution in [1.82, 2.24) is 0 Å². The van der Waals surface area contributed by atoms with E-state index in [0.717, 1.165) is 10.8 Å². The monoisotopic (exact) mass is 320 g/mol. The fourth-order valence-electron chi connectivity index (χ4n) is 0.571. The van der Waals surface area contributed by atoms with Gasteiger partial charge in [0.1, 0.15) is 0 Å². The zero-order valence-electron chi connectivity index (χ0n) is 7.81. The summed E-state index contributed by atoms with van der Waals surface area (Å²) in [4.78, 5) is 10.2. The standard InChI is InChI=1S/C7H5BrO.3CO.Cr/c8-7-4-2-1-3-6(7)5-9;3*1-2;/h1-5H;;;;. The molecule has 0 saturated carbocycles. The van der Waals surface area contributed by atoms with Crippen LogP contribution in [-0.4, -0.2) is 6.29 Å². The number of hydrogen-bond donors (Lipinski definition) is 0. The second-order valence-corrected chi connectivity index (χ2v) is 2.49. The number of rotatable bonds is 1. The van der Waals surface area contributed by atoms with Crippen LogP contribution < -0.4 is 0 Å². The van der Waals surface area contributed by atoms with Crippen molar-refractivity contribution in [2.45, 2.75) is 0 Å². The molecular weight excluding hydrogens is 316 g/mol. The van der Waals surface area contributed by atoms with Crippen LogP contribution in [-0.2, 0) is 31.3 Å². The van der Waals surface area contributed by atoms with Crippen LogP contribution in [0.1, 0.15) is 10.4 Å². The van der Waals surface area contributed by atoms with E-state index in [9.17, 15) is 4.79 Å². The van der Waals surface area contributed by atoms with E-state index in [0.29, 0.717) is 5.56 Å². The maximum atomic E-state index is 10.2. The third-order valence-corrected chi connectivity index (χ3v) is 1.75. The van der Waals surface area contributed by atoms with Crippen LogP contribution in [0.5, 0.6) is 0 Å². The van der Waals surface area contributed by atoms with E-state index in [1.54, 1.807) is 6.07 Å². The molecule has 0 N–H and O–H groups in total. The topological polar surface area (TPSA) is 76.8 Å². The molecule has 6 heteroatoms. The van der Waals surface area contributed by atoms with Gasteiger partial charge in [-0.25, -0.2) is 0 Å². The second-order valence-electron chi connectivity index (χ2n) is 1.64.